The molecule has 0 radical (unpaired) electrons. The third kappa shape index (κ3) is 3.20. The van der Waals surface area contributed by atoms with Gasteiger partial charge in [0.1, 0.15) is 5.41 Å². The van der Waals surface area contributed by atoms with Crippen molar-refractivity contribution in [3.05, 3.63) is 28.2 Å². The van der Waals surface area contributed by atoms with Gasteiger partial charge in [0.25, 0.3) is 0 Å². The van der Waals surface area contributed by atoms with E-state index in [2.05, 4.69) is 5.32 Å². The van der Waals surface area contributed by atoms with Crippen LogP contribution in [-0.4, -0.2) is 48.8 Å². The minimum Gasteiger partial charge on any atom is -0.347 e. The van der Waals surface area contributed by atoms with Crippen molar-refractivity contribution in [1.29, 1.82) is 0 Å². The first-order valence-electron chi connectivity index (χ1n) is 8.78. The number of nitrogens with zero attached hydrogens (tertiary/aromatic N) is 1. The van der Waals surface area contributed by atoms with Crippen LogP contribution in [0.15, 0.2) is 18.2 Å². The van der Waals surface area contributed by atoms with E-state index < -0.39 is 11.2 Å². The minimum absolute atomic E-state index is 0.118. The number of carbonyl (C=O) groups is 2. The summed E-state index contributed by atoms with van der Waals surface area (Å²) in [5.74, 6) is -0.958. The van der Waals surface area contributed by atoms with Gasteiger partial charge in [0.15, 0.2) is 5.79 Å². The number of likely N-dealkylation sites (tertiary alicyclic amines) is 1. The van der Waals surface area contributed by atoms with Crippen LogP contribution in [0.5, 0.6) is 0 Å². The lowest BCUT2D eigenvalue weighted by atomic mass is 9.98. The molecule has 0 atom stereocenters. The monoisotopic (exact) mass is 398 g/mol. The van der Waals surface area contributed by atoms with Crippen LogP contribution < -0.4 is 5.32 Å². The average Bonchev–Trinajstić information content (AvgIpc) is 3.33. The van der Waals surface area contributed by atoms with Gasteiger partial charge in [-0.1, -0.05) is 23.2 Å². The second-order valence-electron chi connectivity index (χ2n) is 7.06. The van der Waals surface area contributed by atoms with Gasteiger partial charge in [-0.2, -0.15) is 0 Å². The molecule has 2 heterocycles. The van der Waals surface area contributed by atoms with Gasteiger partial charge in [-0.05, 0) is 31.0 Å². The number of anilines is 1. The summed E-state index contributed by atoms with van der Waals surface area (Å²) in [5, 5.41) is 3.62. The van der Waals surface area contributed by atoms with Crippen molar-refractivity contribution >= 4 is 40.7 Å². The van der Waals surface area contributed by atoms with Crippen molar-refractivity contribution in [3.8, 4) is 0 Å². The van der Waals surface area contributed by atoms with E-state index in [-0.39, 0.29) is 11.8 Å². The van der Waals surface area contributed by atoms with Gasteiger partial charge >= 0.3 is 0 Å². The number of halogens is 2. The number of carbonyl (C=O) groups excluding carboxylic acids is 2. The van der Waals surface area contributed by atoms with Crippen LogP contribution in [-0.2, 0) is 19.1 Å². The van der Waals surface area contributed by atoms with Gasteiger partial charge in [0.2, 0.25) is 11.8 Å². The summed E-state index contributed by atoms with van der Waals surface area (Å²) in [6.07, 6.45) is 2.38. The number of hydrogen-bond acceptors (Lipinski definition) is 4. The van der Waals surface area contributed by atoms with Crippen molar-refractivity contribution < 1.29 is 19.1 Å². The molecule has 1 aromatic rings. The average molecular weight is 399 g/mol. The van der Waals surface area contributed by atoms with Crippen LogP contribution in [0.25, 0.3) is 0 Å². The molecule has 0 bridgehead atoms. The Labute approximate surface area is 161 Å². The van der Waals surface area contributed by atoms with Crippen LogP contribution in [0.1, 0.15) is 25.7 Å². The number of piperidine rings is 1. The molecule has 140 valence electrons. The predicted octanol–water partition coefficient (Wildman–Crippen LogP) is 3.08. The molecule has 0 unspecified atom stereocenters. The first-order chi connectivity index (χ1) is 12.4. The first-order valence-corrected chi connectivity index (χ1v) is 9.54. The summed E-state index contributed by atoms with van der Waals surface area (Å²) in [7, 11) is 0. The zero-order valence-corrected chi connectivity index (χ0v) is 15.7. The van der Waals surface area contributed by atoms with Crippen LogP contribution in [0, 0.1) is 5.41 Å². The predicted molar refractivity (Wildman–Crippen MR) is 97.2 cm³/mol. The number of nitrogens with one attached hydrogen (secondary N) is 1. The van der Waals surface area contributed by atoms with Crippen LogP contribution in [0.3, 0.4) is 0 Å². The fourth-order valence-electron chi connectivity index (χ4n) is 3.63. The van der Waals surface area contributed by atoms with E-state index in [0.717, 1.165) is 0 Å². The van der Waals surface area contributed by atoms with Gasteiger partial charge in [-0.15, -0.1) is 0 Å². The quantitative estimate of drug-likeness (QED) is 0.794. The molecule has 26 heavy (non-hydrogen) atoms. The maximum atomic E-state index is 13.0. The molecule has 0 aromatic heterocycles. The Morgan fingerprint density at radius 3 is 2.27 bits per heavy atom. The van der Waals surface area contributed by atoms with Crippen molar-refractivity contribution in [2.45, 2.75) is 31.5 Å². The normalized spacial score (nSPS) is 23.1. The number of hydrogen-bond donors (Lipinski definition) is 1. The SMILES string of the molecule is O=C(Nc1ccc(Cl)cc1Cl)C1(C(=O)N2CCC3(CC2)OCCO3)CC1. The Morgan fingerprint density at radius 2 is 1.69 bits per heavy atom. The standard InChI is InChI=1S/C18H20Cl2N2O4/c19-12-1-2-14(13(20)11-12)21-15(23)17(3-4-17)16(24)22-7-5-18(6-8-22)25-9-10-26-18/h1-2,11H,3-10H2,(H,21,23). The smallest absolute Gasteiger partial charge is 0.240 e. The lowest BCUT2D eigenvalue weighted by molar-refractivity contribution is -0.188. The number of ether oxygens (including phenoxy) is 2. The molecule has 1 saturated carbocycles. The van der Waals surface area contributed by atoms with E-state index in [1.807, 2.05) is 0 Å². The summed E-state index contributed by atoms with van der Waals surface area (Å²) in [4.78, 5) is 27.5. The molecule has 3 aliphatic rings. The lowest BCUT2D eigenvalue weighted by Gasteiger charge is -2.38. The molecule has 1 aromatic carbocycles. The zero-order chi connectivity index (χ0) is 18.4. The topological polar surface area (TPSA) is 67.9 Å². The second-order valence-corrected chi connectivity index (χ2v) is 7.90. The van der Waals surface area contributed by atoms with Gasteiger partial charge in [0.05, 0.1) is 23.9 Å². The Balaban J connectivity index is 1.41. The van der Waals surface area contributed by atoms with Crippen LogP contribution >= 0.6 is 23.2 Å². The Hall–Kier alpha value is -1.34. The zero-order valence-electron chi connectivity index (χ0n) is 14.2. The fraction of sp³-hybridized carbons (Fsp3) is 0.556. The fourth-order valence-corrected chi connectivity index (χ4v) is 4.09. The Kier molecular flexibility index (Phi) is 4.63. The highest BCUT2D eigenvalue weighted by atomic mass is 35.5. The molecule has 2 saturated heterocycles. The lowest BCUT2D eigenvalue weighted by Crippen LogP contribution is -2.51. The van der Waals surface area contributed by atoms with E-state index in [1.54, 1.807) is 23.1 Å². The van der Waals surface area contributed by atoms with Gasteiger partial charge in [-0.3, -0.25) is 9.59 Å². The van der Waals surface area contributed by atoms with E-state index in [9.17, 15) is 9.59 Å². The molecule has 2 amide bonds. The molecule has 3 fully saturated rings. The summed E-state index contributed by atoms with van der Waals surface area (Å²) in [5.41, 5.74) is -0.518. The van der Waals surface area contributed by atoms with E-state index >= 15 is 0 Å². The summed E-state index contributed by atoms with van der Waals surface area (Å²) in [6, 6.07) is 4.85. The third-order valence-electron chi connectivity index (χ3n) is 5.40. The van der Waals surface area contributed by atoms with Gasteiger partial charge < -0.3 is 19.7 Å². The largest absolute Gasteiger partial charge is 0.347 e. The first kappa shape index (κ1) is 18.0. The second kappa shape index (κ2) is 6.68. The number of benzene rings is 1. The van der Waals surface area contributed by atoms with Crippen LogP contribution in [0.2, 0.25) is 10.0 Å². The maximum absolute atomic E-state index is 13.0. The molecule has 1 N–H and O–H groups in total. The molecular weight excluding hydrogens is 379 g/mol. The number of rotatable bonds is 3. The van der Waals surface area contributed by atoms with Crippen LogP contribution in [0.4, 0.5) is 5.69 Å². The number of amides is 2. The van der Waals surface area contributed by atoms with Gasteiger partial charge in [0, 0.05) is 31.0 Å². The molecule has 6 nitrogen and oxygen atoms in total. The van der Waals surface area contributed by atoms with Gasteiger partial charge in [-0.25, -0.2) is 0 Å². The minimum atomic E-state index is -0.981. The molecule has 8 heteroatoms. The Morgan fingerprint density at radius 1 is 1.04 bits per heavy atom. The van der Waals surface area contributed by atoms with Crippen molar-refractivity contribution in [2.75, 3.05) is 31.6 Å². The van der Waals surface area contributed by atoms with Crippen molar-refractivity contribution in [1.82, 2.24) is 4.90 Å². The molecule has 2 aliphatic heterocycles. The third-order valence-corrected chi connectivity index (χ3v) is 5.95. The maximum Gasteiger partial charge on any atom is 0.240 e. The summed E-state index contributed by atoms with van der Waals surface area (Å²) >= 11 is 12.0. The highest BCUT2D eigenvalue weighted by Crippen LogP contribution is 2.49. The molecular formula is C18H20Cl2N2O4. The van der Waals surface area contributed by atoms with E-state index in [4.69, 9.17) is 32.7 Å². The Bertz CT molecular complexity index is 735. The highest BCUT2D eigenvalue weighted by Gasteiger charge is 2.58. The van der Waals surface area contributed by atoms with E-state index in [1.165, 1.54) is 0 Å². The molecule has 1 spiro atoms. The van der Waals surface area contributed by atoms with E-state index in [0.29, 0.717) is 67.7 Å². The molecule has 1 aliphatic carbocycles. The summed E-state index contributed by atoms with van der Waals surface area (Å²) in [6.45, 7) is 2.27. The van der Waals surface area contributed by atoms with Crippen molar-refractivity contribution in [3.63, 3.8) is 0 Å². The molecule has 4 rings (SSSR count). The summed E-state index contributed by atoms with van der Waals surface area (Å²) < 4.78 is 11.4. The van der Waals surface area contributed by atoms with Crippen molar-refractivity contribution in [2.24, 2.45) is 5.41 Å². The highest BCUT2D eigenvalue weighted by molar-refractivity contribution is 6.36.